The number of nitrogens with two attached hydrogens (primary N) is 1. The van der Waals surface area contributed by atoms with E-state index >= 15 is 0 Å². The molecule has 1 atom stereocenters. The molecule has 0 aliphatic rings. The number of hydrogen-bond donors (Lipinski definition) is 1. The Morgan fingerprint density at radius 2 is 1.59 bits per heavy atom. The first-order valence-electron chi connectivity index (χ1n) is 5.61. The Morgan fingerprint density at radius 1 is 1.12 bits per heavy atom. The van der Waals surface area contributed by atoms with Gasteiger partial charge in [-0.1, -0.05) is 20.8 Å². The molecule has 0 aliphatic carbocycles. The van der Waals surface area contributed by atoms with Gasteiger partial charge in [0.1, 0.15) is 11.6 Å². The molecule has 0 aromatic carbocycles. The molecule has 0 fully saturated rings. The number of esters is 1. The van der Waals surface area contributed by atoms with Gasteiger partial charge in [-0.15, -0.1) is 0 Å². The number of ether oxygens (including phenoxy) is 2. The lowest BCUT2D eigenvalue weighted by Crippen LogP contribution is -2.38. The molecule has 0 radical (unpaired) electrons. The zero-order valence-electron chi connectivity index (χ0n) is 11.5. The molecular weight excluding hydrogens is 222 g/mol. The maximum atomic E-state index is 11.5. The zero-order chi connectivity index (χ0) is 13.9. The summed E-state index contributed by atoms with van der Waals surface area (Å²) in [6, 6.07) is -0.817. The highest BCUT2D eigenvalue weighted by Gasteiger charge is 2.26. The second-order valence-electron chi connectivity index (χ2n) is 6.26. The predicted molar refractivity (Wildman–Crippen MR) is 64.4 cm³/mol. The lowest BCUT2D eigenvalue weighted by atomic mass is 9.88. The molecule has 0 saturated carbocycles. The van der Waals surface area contributed by atoms with Gasteiger partial charge < -0.3 is 15.2 Å². The lowest BCUT2D eigenvalue weighted by Gasteiger charge is -2.22. The van der Waals surface area contributed by atoms with Crippen molar-refractivity contribution in [2.75, 3.05) is 0 Å². The van der Waals surface area contributed by atoms with Crippen LogP contribution in [0.1, 0.15) is 48.0 Å². The summed E-state index contributed by atoms with van der Waals surface area (Å²) in [6.45, 7) is 10.9. The molecular formula is C12H23NO4. The van der Waals surface area contributed by atoms with E-state index in [1.54, 1.807) is 20.8 Å². The SMILES string of the molecule is CC(C)(C)C[C@@H](N)C(=O)OC(=O)OC(C)(C)C. The van der Waals surface area contributed by atoms with E-state index < -0.39 is 23.8 Å². The van der Waals surface area contributed by atoms with Gasteiger partial charge in [-0.2, -0.15) is 0 Å². The fourth-order valence-electron chi connectivity index (χ4n) is 1.17. The van der Waals surface area contributed by atoms with Crippen LogP contribution in [0.5, 0.6) is 0 Å². The second-order valence-corrected chi connectivity index (χ2v) is 6.26. The molecule has 0 spiro atoms. The summed E-state index contributed by atoms with van der Waals surface area (Å²) in [7, 11) is 0. The van der Waals surface area contributed by atoms with E-state index in [0.717, 1.165) is 0 Å². The Kier molecular flexibility index (Phi) is 5.13. The van der Waals surface area contributed by atoms with Crippen molar-refractivity contribution < 1.29 is 19.1 Å². The van der Waals surface area contributed by atoms with Gasteiger partial charge in [0.2, 0.25) is 0 Å². The van der Waals surface area contributed by atoms with Gasteiger partial charge in [-0.05, 0) is 32.6 Å². The number of rotatable bonds is 2. The molecule has 100 valence electrons. The number of hydrogen-bond acceptors (Lipinski definition) is 5. The minimum atomic E-state index is -1.01. The lowest BCUT2D eigenvalue weighted by molar-refractivity contribution is -0.143. The van der Waals surface area contributed by atoms with Gasteiger partial charge in [0.05, 0.1) is 0 Å². The molecule has 0 aromatic rings. The van der Waals surface area contributed by atoms with Crippen molar-refractivity contribution in [3.8, 4) is 0 Å². The minimum Gasteiger partial charge on any atom is -0.428 e. The maximum absolute atomic E-state index is 11.5. The van der Waals surface area contributed by atoms with Crippen LogP contribution in [0.4, 0.5) is 4.79 Å². The first kappa shape index (κ1) is 15.9. The van der Waals surface area contributed by atoms with E-state index in [1.807, 2.05) is 20.8 Å². The average Bonchev–Trinajstić information content (AvgIpc) is 1.95. The molecule has 0 bridgehead atoms. The third-order valence-electron chi connectivity index (χ3n) is 1.71. The second kappa shape index (κ2) is 5.49. The van der Waals surface area contributed by atoms with Crippen LogP contribution in [-0.2, 0) is 14.3 Å². The number of carbonyl (C=O) groups excluding carboxylic acids is 2. The highest BCUT2D eigenvalue weighted by molar-refractivity contribution is 5.85. The van der Waals surface area contributed by atoms with E-state index in [-0.39, 0.29) is 5.41 Å². The molecule has 0 unspecified atom stereocenters. The Hall–Kier alpha value is -1.10. The smallest absolute Gasteiger partial charge is 0.428 e. The van der Waals surface area contributed by atoms with E-state index in [4.69, 9.17) is 10.5 Å². The molecule has 0 aliphatic heterocycles. The molecule has 0 rings (SSSR count). The van der Waals surface area contributed by atoms with Crippen molar-refractivity contribution in [3.63, 3.8) is 0 Å². The van der Waals surface area contributed by atoms with E-state index in [9.17, 15) is 9.59 Å². The van der Waals surface area contributed by atoms with Gasteiger partial charge in [-0.25, -0.2) is 9.59 Å². The Balaban J connectivity index is 4.22. The first-order chi connectivity index (χ1) is 7.41. The Bertz CT molecular complexity index is 286. The molecule has 2 N–H and O–H groups in total. The highest BCUT2D eigenvalue weighted by atomic mass is 16.7. The minimum absolute atomic E-state index is 0.105. The van der Waals surface area contributed by atoms with Crippen LogP contribution in [0, 0.1) is 5.41 Å². The summed E-state index contributed by atoms with van der Waals surface area (Å²) in [5, 5.41) is 0. The van der Waals surface area contributed by atoms with Crippen LogP contribution in [0.25, 0.3) is 0 Å². The molecule has 0 saturated heterocycles. The normalized spacial score (nSPS) is 14.1. The highest BCUT2D eigenvalue weighted by Crippen LogP contribution is 2.20. The first-order valence-corrected chi connectivity index (χ1v) is 5.61. The van der Waals surface area contributed by atoms with Crippen LogP contribution >= 0.6 is 0 Å². The molecule has 5 heteroatoms. The predicted octanol–water partition coefficient (Wildman–Crippen LogP) is 2.23. The molecule has 0 aromatic heterocycles. The van der Waals surface area contributed by atoms with Gasteiger partial charge >= 0.3 is 12.1 Å². The van der Waals surface area contributed by atoms with Crippen molar-refractivity contribution >= 4 is 12.1 Å². The molecule has 0 amide bonds. The molecule has 5 nitrogen and oxygen atoms in total. The van der Waals surface area contributed by atoms with Gasteiger partial charge in [0, 0.05) is 0 Å². The van der Waals surface area contributed by atoms with E-state index in [2.05, 4.69) is 4.74 Å². The summed E-state index contributed by atoms with van der Waals surface area (Å²) in [5.41, 5.74) is 4.84. The Morgan fingerprint density at radius 3 is 1.94 bits per heavy atom. The van der Waals surface area contributed by atoms with Crippen LogP contribution < -0.4 is 5.73 Å². The molecule has 17 heavy (non-hydrogen) atoms. The van der Waals surface area contributed by atoms with E-state index in [0.29, 0.717) is 6.42 Å². The quantitative estimate of drug-likeness (QED) is 0.596. The van der Waals surface area contributed by atoms with E-state index in [1.165, 1.54) is 0 Å². The number of carbonyl (C=O) groups is 2. The fourth-order valence-corrected chi connectivity index (χ4v) is 1.17. The average molecular weight is 245 g/mol. The third-order valence-corrected chi connectivity index (χ3v) is 1.71. The largest absolute Gasteiger partial charge is 0.516 e. The summed E-state index contributed by atoms with van der Waals surface area (Å²) in [4.78, 5) is 22.7. The summed E-state index contributed by atoms with van der Waals surface area (Å²) >= 11 is 0. The summed E-state index contributed by atoms with van der Waals surface area (Å²) < 4.78 is 9.36. The summed E-state index contributed by atoms with van der Waals surface area (Å²) in [5.74, 6) is -0.755. The van der Waals surface area contributed by atoms with Crippen LogP contribution in [-0.4, -0.2) is 23.8 Å². The topological polar surface area (TPSA) is 78.6 Å². The standard InChI is InChI=1S/C12H23NO4/c1-11(2,3)7-8(13)9(14)16-10(15)17-12(4,5)6/h8H,7,13H2,1-6H3/t8-/m1/s1. The zero-order valence-corrected chi connectivity index (χ0v) is 11.5. The molecule has 0 heterocycles. The summed E-state index contributed by atoms with van der Waals surface area (Å²) in [6.07, 6.45) is -0.568. The van der Waals surface area contributed by atoms with Crippen LogP contribution in [0.3, 0.4) is 0 Å². The Labute approximate surface area is 103 Å². The van der Waals surface area contributed by atoms with Gasteiger partial charge in [0.15, 0.2) is 0 Å². The van der Waals surface area contributed by atoms with Crippen molar-refractivity contribution in [3.05, 3.63) is 0 Å². The fraction of sp³-hybridized carbons (Fsp3) is 0.833. The van der Waals surface area contributed by atoms with Crippen molar-refractivity contribution in [1.82, 2.24) is 0 Å². The van der Waals surface area contributed by atoms with Crippen LogP contribution in [0.15, 0.2) is 0 Å². The maximum Gasteiger partial charge on any atom is 0.516 e. The van der Waals surface area contributed by atoms with Gasteiger partial charge in [0.25, 0.3) is 0 Å². The van der Waals surface area contributed by atoms with Gasteiger partial charge in [-0.3, -0.25) is 0 Å². The monoisotopic (exact) mass is 245 g/mol. The van der Waals surface area contributed by atoms with Crippen molar-refractivity contribution in [2.24, 2.45) is 11.1 Å². The van der Waals surface area contributed by atoms with Crippen LogP contribution in [0.2, 0.25) is 0 Å². The third kappa shape index (κ3) is 8.68. The van der Waals surface area contributed by atoms with Crippen molar-refractivity contribution in [1.29, 1.82) is 0 Å². The van der Waals surface area contributed by atoms with Crippen molar-refractivity contribution in [2.45, 2.75) is 59.6 Å².